The van der Waals surface area contributed by atoms with Crippen molar-refractivity contribution in [2.24, 2.45) is 5.41 Å². The third-order valence-electron chi connectivity index (χ3n) is 4.50. The minimum Gasteiger partial charge on any atom is -0.496 e. The third kappa shape index (κ3) is 3.71. The van der Waals surface area contributed by atoms with Crippen LogP contribution in [0.15, 0.2) is 24.3 Å². The lowest BCUT2D eigenvalue weighted by molar-refractivity contribution is -0.143. The fraction of sp³-hybridized carbons (Fsp3) is 0.409. The topological polar surface area (TPSA) is 35.5 Å². The number of methoxy groups -OCH3 is 1. The van der Waals surface area contributed by atoms with Crippen LogP contribution in [0.25, 0.3) is 11.1 Å². The Bertz CT molecular complexity index is 811. The number of hydrogen-bond acceptors (Lipinski definition) is 3. The molecule has 134 valence electrons. The van der Waals surface area contributed by atoms with Gasteiger partial charge < -0.3 is 9.47 Å². The van der Waals surface area contributed by atoms with Crippen molar-refractivity contribution in [3.63, 3.8) is 0 Å². The Kier molecular flexibility index (Phi) is 5.26. The molecule has 3 heteroatoms. The molecule has 0 aromatic heterocycles. The SMILES string of the molecule is COc1cccc(C)c1-c1c(C)c(C)cc(C)c1OC(=O)C(C)(C)C. The number of aryl methyl sites for hydroxylation is 3. The zero-order valence-corrected chi connectivity index (χ0v) is 16.5. The van der Waals surface area contributed by atoms with E-state index >= 15 is 0 Å². The molecule has 2 aromatic rings. The van der Waals surface area contributed by atoms with E-state index in [1.165, 1.54) is 0 Å². The largest absolute Gasteiger partial charge is 0.496 e. The van der Waals surface area contributed by atoms with E-state index in [0.29, 0.717) is 5.75 Å². The van der Waals surface area contributed by atoms with Crippen molar-refractivity contribution < 1.29 is 14.3 Å². The monoisotopic (exact) mass is 340 g/mol. The van der Waals surface area contributed by atoms with E-state index < -0.39 is 5.41 Å². The summed E-state index contributed by atoms with van der Waals surface area (Å²) in [6.45, 7) is 13.7. The number of benzene rings is 2. The molecule has 0 bridgehead atoms. The molecule has 0 fully saturated rings. The average Bonchev–Trinajstić information content (AvgIpc) is 2.52. The van der Waals surface area contributed by atoms with Crippen LogP contribution >= 0.6 is 0 Å². The maximum Gasteiger partial charge on any atom is 0.316 e. The summed E-state index contributed by atoms with van der Waals surface area (Å²) in [4.78, 5) is 12.6. The Morgan fingerprint density at radius 3 is 2.12 bits per heavy atom. The van der Waals surface area contributed by atoms with Gasteiger partial charge in [0.1, 0.15) is 11.5 Å². The molecule has 25 heavy (non-hydrogen) atoms. The van der Waals surface area contributed by atoms with Gasteiger partial charge in [0.15, 0.2) is 0 Å². The fourth-order valence-electron chi connectivity index (χ4n) is 2.87. The van der Waals surface area contributed by atoms with Gasteiger partial charge >= 0.3 is 5.97 Å². The van der Waals surface area contributed by atoms with Crippen molar-refractivity contribution in [1.82, 2.24) is 0 Å². The van der Waals surface area contributed by atoms with E-state index in [9.17, 15) is 4.79 Å². The molecular weight excluding hydrogens is 312 g/mol. The van der Waals surface area contributed by atoms with E-state index in [4.69, 9.17) is 9.47 Å². The Hall–Kier alpha value is -2.29. The third-order valence-corrected chi connectivity index (χ3v) is 4.50. The smallest absolute Gasteiger partial charge is 0.316 e. The number of esters is 1. The van der Waals surface area contributed by atoms with E-state index in [0.717, 1.165) is 39.1 Å². The molecule has 0 aliphatic rings. The standard InChI is InChI=1S/C22H28O3/c1-13-10-9-11-17(24-8)18(13)19-16(4)14(2)12-15(3)20(19)25-21(23)22(5,6)7/h9-12H,1-8H3. The van der Waals surface area contributed by atoms with Crippen LogP contribution in [0, 0.1) is 33.1 Å². The number of carbonyl (C=O) groups excluding carboxylic acids is 1. The van der Waals surface area contributed by atoms with Crippen molar-refractivity contribution in [2.45, 2.75) is 48.5 Å². The first kappa shape index (κ1) is 19.0. The molecular formula is C22H28O3. The number of hydrogen-bond donors (Lipinski definition) is 0. The highest BCUT2D eigenvalue weighted by Gasteiger charge is 2.27. The number of rotatable bonds is 3. The summed E-state index contributed by atoms with van der Waals surface area (Å²) in [6, 6.07) is 8.02. The summed E-state index contributed by atoms with van der Waals surface area (Å²) in [6.07, 6.45) is 0. The van der Waals surface area contributed by atoms with Crippen molar-refractivity contribution in [2.75, 3.05) is 7.11 Å². The number of carbonyl (C=O) groups is 1. The van der Waals surface area contributed by atoms with Gasteiger partial charge in [0, 0.05) is 11.1 Å². The van der Waals surface area contributed by atoms with Gasteiger partial charge in [0.25, 0.3) is 0 Å². The molecule has 0 radical (unpaired) electrons. The highest BCUT2D eigenvalue weighted by Crippen LogP contribution is 2.44. The molecule has 0 heterocycles. The Morgan fingerprint density at radius 1 is 0.920 bits per heavy atom. The second-order valence-corrected chi connectivity index (χ2v) is 7.63. The zero-order chi connectivity index (χ0) is 18.9. The van der Waals surface area contributed by atoms with Crippen LogP contribution < -0.4 is 9.47 Å². The maximum atomic E-state index is 12.6. The fourth-order valence-corrected chi connectivity index (χ4v) is 2.87. The average molecular weight is 340 g/mol. The minimum atomic E-state index is -0.571. The summed E-state index contributed by atoms with van der Waals surface area (Å²) < 4.78 is 11.5. The van der Waals surface area contributed by atoms with Crippen molar-refractivity contribution in [1.29, 1.82) is 0 Å². The van der Waals surface area contributed by atoms with E-state index in [1.807, 2.05) is 52.8 Å². The van der Waals surface area contributed by atoms with Crippen LogP contribution in [-0.4, -0.2) is 13.1 Å². The van der Waals surface area contributed by atoms with Gasteiger partial charge in [0.2, 0.25) is 0 Å². The lowest BCUT2D eigenvalue weighted by Gasteiger charge is -2.23. The highest BCUT2D eigenvalue weighted by atomic mass is 16.5. The Morgan fingerprint density at radius 2 is 1.56 bits per heavy atom. The van der Waals surface area contributed by atoms with E-state index in [1.54, 1.807) is 7.11 Å². The maximum absolute atomic E-state index is 12.6. The predicted molar refractivity (Wildman–Crippen MR) is 102 cm³/mol. The van der Waals surface area contributed by atoms with Crippen molar-refractivity contribution in [3.05, 3.63) is 46.5 Å². The zero-order valence-electron chi connectivity index (χ0n) is 16.5. The molecule has 0 atom stereocenters. The van der Waals surface area contributed by atoms with Gasteiger partial charge in [-0.15, -0.1) is 0 Å². The molecule has 0 saturated carbocycles. The summed E-state index contributed by atoms with van der Waals surface area (Å²) in [7, 11) is 1.66. The molecule has 0 saturated heterocycles. The Labute approximate surface area is 151 Å². The van der Waals surface area contributed by atoms with Gasteiger partial charge in [-0.05, 0) is 76.8 Å². The molecule has 0 unspecified atom stereocenters. The molecule has 0 aliphatic heterocycles. The summed E-state index contributed by atoms with van der Waals surface area (Å²) in [5, 5.41) is 0. The summed E-state index contributed by atoms with van der Waals surface area (Å²) >= 11 is 0. The molecule has 2 rings (SSSR count). The van der Waals surface area contributed by atoms with Crippen LogP contribution in [0.2, 0.25) is 0 Å². The molecule has 3 nitrogen and oxygen atoms in total. The molecule has 0 amide bonds. The van der Waals surface area contributed by atoms with Gasteiger partial charge in [0.05, 0.1) is 12.5 Å². The lowest BCUT2D eigenvalue weighted by Crippen LogP contribution is -2.26. The van der Waals surface area contributed by atoms with Gasteiger partial charge in [-0.3, -0.25) is 4.79 Å². The number of ether oxygens (including phenoxy) is 2. The molecule has 0 aliphatic carbocycles. The minimum absolute atomic E-state index is 0.243. The normalized spacial score (nSPS) is 11.4. The van der Waals surface area contributed by atoms with Crippen LogP contribution in [-0.2, 0) is 4.79 Å². The van der Waals surface area contributed by atoms with Gasteiger partial charge in [-0.1, -0.05) is 18.2 Å². The van der Waals surface area contributed by atoms with Crippen LogP contribution in [0.1, 0.15) is 43.0 Å². The van der Waals surface area contributed by atoms with Crippen molar-refractivity contribution >= 4 is 5.97 Å². The first-order valence-corrected chi connectivity index (χ1v) is 8.55. The van der Waals surface area contributed by atoms with E-state index in [2.05, 4.69) is 19.9 Å². The second-order valence-electron chi connectivity index (χ2n) is 7.63. The second kappa shape index (κ2) is 6.91. The van der Waals surface area contributed by atoms with Crippen LogP contribution in [0.3, 0.4) is 0 Å². The van der Waals surface area contributed by atoms with Gasteiger partial charge in [-0.2, -0.15) is 0 Å². The predicted octanol–water partition coefficient (Wildman–Crippen LogP) is 5.55. The van der Waals surface area contributed by atoms with Crippen LogP contribution in [0.4, 0.5) is 0 Å². The molecule has 0 N–H and O–H groups in total. The first-order chi connectivity index (χ1) is 11.6. The molecule has 0 spiro atoms. The Balaban J connectivity index is 2.80. The van der Waals surface area contributed by atoms with Crippen molar-refractivity contribution in [3.8, 4) is 22.6 Å². The summed E-state index contributed by atoms with van der Waals surface area (Å²) in [5.74, 6) is 1.16. The quantitative estimate of drug-likeness (QED) is 0.543. The highest BCUT2D eigenvalue weighted by molar-refractivity contribution is 5.87. The van der Waals surface area contributed by atoms with E-state index in [-0.39, 0.29) is 5.97 Å². The molecule has 2 aromatic carbocycles. The first-order valence-electron chi connectivity index (χ1n) is 8.55. The van der Waals surface area contributed by atoms with Gasteiger partial charge in [-0.25, -0.2) is 0 Å². The van der Waals surface area contributed by atoms with Crippen LogP contribution in [0.5, 0.6) is 11.5 Å². The summed E-state index contributed by atoms with van der Waals surface area (Å²) in [5.41, 5.74) is 5.62. The lowest BCUT2D eigenvalue weighted by atomic mass is 9.90.